The number of amides is 2. The van der Waals surface area contributed by atoms with E-state index in [1.807, 2.05) is 7.05 Å². The predicted molar refractivity (Wildman–Crippen MR) is 173 cm³/mol. The van der Waals surface area contributed by atoms with Crippen molar-refractivity contribution in [3.8, 4) is 17.0 Å². The first-order valence-electron chi connectivity index (χ1n) is 15.4. The molecular weight excluding hydrogens is 687 g/mol. The van der Waals surface area contributed by atoms with E-state index < -0.39 is 24.3 Å². The number of alkyl halides is 5. The average molecular weight is 717 g/mol. The molecule has 5 aromatic rings. The van der Waals surface area contributed by atoms with Crippen LogP contribution in [-0.4, -0.2) is 78.8 Å². The zero-order valence-electron chi connectivity index (χ0n) is 26.4. The fourth-order valence-electron chi connectivity index (χ4n) is 5.87. The Bertz CT molecular complexity index is 1990. The SMILES string of the molecule is CN(Cc1ccc(C(F)(F)F)cc1)C1CCN(C(=O)Cn2cc(NC(=O)c3cnn4cccnc34)c(-c3cc(Cl)ccc3OC(F)F)n2)CC1. The number of nitrogens with one attached hydrogen (secondary N) is 1. The van der Waals surface area contributed by atoms with Crippen molar-refractivity contribution in [3.63, 3.8) is 0 Å². The molecule has 17 heteroatoms. The molecule has 2 aromatic carbocycles. The van der Waals surface area contributed by atoms with E-state index in [1.54, 1.807) is 17.2 Å². The lowest BCUT2D eigenvalue weighted by molar-refractivity contribution is -0.137. The Balaban J connectivity index is 1.17. The van der Waals surface area contributed by atoms with Crippen LogP contribution in [0.2, 0.25) is 5.02 Å². The fourth-order valence-corrected chi connectivity index (χ4v) is 6.04. The van der Waals surface area contributed by atoms with Gasteiger partial charge in [-0.05, 0) is 61.9 Å². The monoisotopic (exact) mass is 716 g/mol. The average Bonchev–Trinajstić information content (AvgIpc) is 3.69. The third kappa shape index (κ3) is 7.86. The van der Waals surface area contributed by atoms with E-state index in [1.165, 1.54) is 58.1 Å². The number of carbonyl (C=O) groups excluding carboxylic acids is 2. The van der Waals surface area contributed by atoms with Crippen LogP contribution in [-0.2, 0) is 24.1 Å². The number of anilines is 1. The van der Waals surface area contributed by atoms with Crippen LogP contribution in [0.4, 0.5) is 27.6 Å². The molecule has 0 bridgehead atoms. The van der Waals surface area contributed by atoms with E-state index in [4.69, 9.17) is 16.3 Å². The molecule has 3 aromatic heterocycles. The number of aromatic nitrogens is 5. The van der Waals surface area contributed by atoms with Crippen LogP contribution in [0.3, 0.4) is 0 Å². The second kappa shape index (κ2) is 14.4. The van der Waals surface area contributed by atoms with E-state index in [2.05, 4.69) is 25.4 Å². The van der Waals surface area contributed by atoms with Gasteiger partial charge in [0.25, 0.3) is 5.91 Å². The van der Waals surface area contributed by atoms with Gasteiger partial charge in [-0.3, -0.25) is 19.2 Å². The molecule has 1 aliphatic rings. The normalized spacial score (nSPS) is 14.1. The highest BCUT2D eigenvalue weighted by molar-refractivity contribution is 6.31. The molecule has 4 heterocycles. The molecule has 1 aliphatic heterocycles. The first-order chi connectivity index (χ1) is 23.9. The Hall–Kier alpha value is -5.09. The van der Waals surface area contributed by atoms with Gasteiger partial charge < -0.3 is 15.0 Å². The number of benzene rings is 2. The van der Waals surface area contributed by atoms with E-state index in [0.717, 1.165) is 17.7 Å². The Morgan fingerprint density at radius 3 is 2.56 bits per heavy atom. The van der Waals surface area contributed by atoms with E-state index in [0.29, 0.717) is 32.5 Å². The molecule has 1 fully saturated rings. The third-order valence-corrected chi connectivity index (χ3v) is 8.63. The summed E-state index contributed by atoms with van der Waals surface area (Å²) >= 11 is 6.21. The Kier molecular flexibility index (Phi) is 10.0. The molecule has 50 heavy (non-hydrogen) atoms. The number of hydrogen-bond donors (Lipinski definition) is 1. The van der Waals surface area contributed by atoms with Crippen molar-refractivity contribution in [1.29, 1.82) is 0 Å². The third-order valence-electron chi connectivity index (χ3n) is 8.40. The maximum Gasteiger partial charge on any atom is 0.416 e. The molecule has 2 amide bonds. The lowest BCUT2D eigenvalue weighted by atomic mass is 10.0. The Morgan fingerprint density at radius 1 is 1.12 bits per heavy atom. The molecule has 0 atom stereocenters. The lowest BCUT2D eigenvalue weighted by Crippen LogP contribution is -2.46. The summed E-state index contributed by atoms with van der Waals surface area (Å²) < 4.78 is 72.9. The van der Waals surface area contributed by atoms with Crippen molar-refractivity contribution >= 4 is 34.7 Å². The van der Waals surface area contributed by atoms with Crippen LogP contribution < -0.4 is 10.1 Å². The first-order valence-corrected chi connectivity index (χ1v) is 15.8. The molecule has 11 nitrogen and oxygen atoms in total. The molecule has 0 saturated carbocycles. The van der Waals surface area contributed by atoms with Crippen LogP contribution in [0.5, 0.6) is 5.75 Å². The molecular formula is C33H30ClF5N8O3. The minimum Gasteiger partial charge on any atom is -0.434 e. The summed E-state index contributed by atoms with van der Waals surface area (Å²) in [6.45, 7) is -2.06. The maximum atomic E-state index is 13.4. The highest BCUT2D eigenvalue weighted by atomic mass is 35.5. The van der Waals surface area contributed by atoms with Crippen molar-refractivity contribution in [2.75, 3.05) is 25.5 Å². The number of ether oxygens (including phenoxy) is 1. The Labute approximate surface area is 287 Å². The van der Waals surface area contributed by atoms with E-state index in [9.17, 15) is 31.5 Å². The summed E-state index contributed by atoms with van der Waals surface area (Å²) in [5.41, 5.74) is 0.674. The standard InChI is InChI=1S/C33H30ClF5N8O3/c1-44(17-20-3-5-21(6-4-20)33(37,38)39)23-9-13-45(14-10-23)28(48)19-46-18-26(42-31(49)25-16-41-47-12-2-11-40-30(25)47)29(43-46)24-15-22(34)7-8-27(24)50-32(35)36/h2-8,11-12,15-16,18,23,32H,9-10,13-14,17,19H2,1H3,(H,42,49). The number of fused-ring (bicyclic) bond motifs is 1. The van der Waals surface area contributed by atoms with Crippen LogP contribution in [0, 0.1) is 0 Å². The van der Waals surface area contributed by atoms with E-state index in [-0.39, 0.29) is 57.4 Å². The molecule has 1 saturated heterocycles. The second-order valence-electron chi connectivity index (χ2n) is 11.7. The van der Waals surface area contributed by atoms with Crippen molar-refractivity contribution in [2.45, 2.75) is 44.8 Å². The van der Waals surface area contributed by atoms with Gasteiger partial charge in [0.1, 0.15) is 23.6 Å². The van der Waals surface area contributed by atoms with Gasteiger partial charge in [0.2, 0.25) is 5.91 Å². The predicted octanol–water partition coefficient (Wildman–Crippen LogP) is 6.24. The topological polar surface area (TPSA) is 110 Å². The fraction of sp³-hybridized carbons (Fsp3) is 0.303. The summed E-state index contributed by atoms with van der Waals surface area (Å²) in [6.07, 6.45) is 2.75. The molecule has 1 N–H and O–H groups in total. The van der Waals surface area contributed by atoms with Gasteiger partial charge in [0.05, 0.1) is 17.4 Å². The summed E-state index contributed by atoms with van der Waals surface area (Å²) in [6, 6.07) is 10.8. The largest absolute Gasteiger partial charge is 0.434 e. The van der Waals surface area contributed by atoms with Gasteiger partial charge in [0, 0.05) is 54.9 Å². The quantitative estimate of drug-likeness (QED) is 0.171. The van der Waals surface area contributed by atoms with Crippen LogP contribution in [0.1, 0.15) is 34.3 Å². The van der Waals surface area contributed by atoms with Crippen LogP contribution in [0.15, 0.2) is 73.3 Å². The van der Waals surface area contributed by atoms with Gasteiger partial charge in [-0.15, -0.1) is 0 Å². The van der Waals surface area contributed by atoms with Crippen molar-refractivity contribution in [3.05, 3.63) is 95.0 Å². The van der Waals surface area contributed by atoms with Crippen molar-refractivity contribution in [2.24, 2.45) is 0 Å². The van der Waals surface area contributed by atoms with Gasteiger partial charge in [0.15, 0.2) is 5.65 Å². The number of hydrogen-bond acceptors (Lipinski definition) is 7. The number of carbonyl (C=O) groups is 2. The van der Waals surface area contributed by atoms with Gasteiger partial charge in [-0.25, -0.2) is 9.50 Å². The van der Waals surface area contributed by atoms with Gasteiger partial charge in [-0.2, -0.15) is 32.1 Å². The molecule has 0 aliphatic carbocycles. The summed E-state index contributed by atoms with van der Waals surface area (Å²) in [4.78, 5) is 34.8. The molecule has 262 valence electrons. The second-order valence-corrected chi connectivity index (χ2v) is 12.2. The zero-order valence-corrected chi connectivity index (χ0v) is 27.2. The molecule has 0 unspecified atom stereocenters. The van der Waals surface area contributed by atoms with Gasteiger partial charge in [-0.1, -0.05) is 23.7 Å². The minimum atomic E-state index is -4.40. The smallest absolute Gasteiger partial charge is 0.416 e. The zero-order chi connectivity index (χ0) is 35.6. The van der Waals surface area contributed by atoms with Gasteiger partial charge >= 0.3 is 12.8 Å². The highest BCUT2D eigenvalue weighted by Crippen LogP contribution is 2.37. The summed E-state index contributed by atoms with van der Waals surface area (Å²) in [7, 11) is 1.89. The summed E-state index contributed by atoms with van der Waals surface area (Å²) in [5.74, 6) is -1.11. The molecule has 0 radical (unpaired) electrons. The summed E-state index contributed by atoms with van der Waals surface area (Å²) in [5, 5.41) is 11.5. The van der Waals surface area contributed by atoms with Crippen LogP contribution >= 0.6 is 11.6 Å². The number of halogens is 6. The molecule has 0 spiro atoms. The number of rotatable bonds is 10. The maximum absolute atomic E-state index is 13.4. The first kappa shape index (κ1) is 34.8. The number of likely N-dealkylation sites (tertiary alicyclic amines) is 1. The van der Waals surface area contributed by atoms with Crippen molar-refractivity contribution in [1.82, 2.24) is 34.2 Å². The van der Waals surface area contributed by atoms with E-state index >= 15 is 0 Å². The van der Waals surface area contributed by atoms with Crippen molar-refractivity contribution < 1.29 is 36.3 Å². The molecule has 6 rings (SSSR count). The lowest BCUT2D eigenvalue weighted by Gasteiger charge is -2.36. The Morgan fingerprint density at radius 2 is 1.86 bits per heavy atom. The number of piperidine rings is 1. The van der Waals surface area contributed by atoms with Crippen LogP contribution in [0.25, 0.3) is 16.9 Å². The highest BCUT2D eigenvalue weighted by Gasteiger charge is 2.31. The number of nitrogens with zero attached hydrogens (tertiary/aromatic N) is 7. The minimum absolute atomic E-state index is 0.0392.